The van der Waals surface area contributed by atoms with E-state index in [0.717, 1.165) is 0 Å². The fourth-order valence-corrected chi connectivity index (χ4v) is 4.21. The minimum Gasteiger partial charge on any atom is -0.502 e. The topological polar surface area (TPSA) is 130 Å². The van der Waals surface area contributed by atoms with Gasteiger partial charge in [-0.3, -0.25) is 4.79 Å². The summed E-state index contributed by atoms with van der Waals surface area (Å²) in [5.41, 5.74) is 1.27. The Morgan fingerprint density at radius 3 is 1.79 bits per heavy atom. The van der Waals surface area contributed by atoms with Crippen LogP contribution in [0.5, 0.6) is 34.5 Å². The Hall–Kier alpha value is -4.08. The number of benzene rings is 2. The molecule has 34 heavy (non-hydrogen) atoms. The summed E-state index contributed by atoms with van der Waals surface area (Å²) in [7, 11) is 7.86. The van der Waals surface area contributed by atoms with Crippen LogP contribution in [0.25, 0.3) is 6.08 Å². The molecule has 182 valence electrons. The van der Waals surface area contributed by atoms with Crippen LogP contribution in [0.2, 0.25) is 0 Å². The third-order valence-corrected chi connectivity index (χ3v) is 5.74. The maximum Gasteiger partial charge on any atom is 0.334 e. The van der Waals surface area contributed by atoms with Gasteiger partial charge in [-0.1, -0.05) is 0 Å². The van der Waals surface area contributed by atoms with Crippen molar-refractivity contribution in [3.05, 3.63) is 40.5 Å². The van der Waals surface area contributed by atoms with Gasteiger partial charge < -0.3 is 38.6 Å². The first-order chi connectivity index (χ1) is 16.3. The lowest BCUT2D eigenvalue weighted by atomic mass is 9.70. The molecule has 0 aromatic heterocycles. The molecule has 2 atom stereocenters. The molecule has 2 aromatic carbocycles. The van der Waals surface area contributed by atoms with Crippen LogP contribution in [0.1, 0.15) is 22.6 Å². The fourth-order valence-electron chi connectivity index (χ4n) is 4.21. The lowest BCUT2D eigenvalue weighted by Gasteiger charge is -2.34. The van der Waals surface area contributed by atoms with E-state index < -0.39 is 23.8 Å². The number of phenols is 2. The third kappa shape index (κ3) is 3.91. The van der Waals surface area contributed by atoms with E-state index in [2.05, 4.69) is 0 Å². The number of methoxy groups -OCH3 is 6. The number of rotatable bonds is 7. The number of ether oxygens (including phenoxy) is 6. The Morgan fingerprint density at radius 1 is 0.765 bits per heavy atom. The molecular formula is C24H26O10. The average molecular weight is 474 g/mol. The van der Waals surface area contributed by atoms with Crippen molar-refractivity contribution in [1.82, 2.24) is 0 Å². The van der Waals surface area contributed by atoms with Crippen LogP contribution in [0.4, 0.5) is 0 Å². The van der Waals surface area contributed by atoms with Gasteiger partial charge in [0.25, 0.3) is 0 Å². The van der Waals surface area contributed by atoms with E-state index >= 15 is 0 Å². The lowest BCUT2D eigenvalue weighted by Crippen LogP contribution is -2.33. The SMILES string of the molecule is COC(=O)C1=Cc2cc(OC)c(O)c(OC)c2[C@@H](c2cc(OC)c(O)c(OC)c2)[C@H]1C(=O)OC. The molecule has 0 saturated carbocycles. The Morgan fingerprint density at radius 2 is 1.32 bits per heavy atom. The maximum atomic E-state index is 13.1. The van der Waals surface area contributed by atoms with Gasteiger partial charge in [-0.05, 0) is 35.4 Å². The molecule has 1 aliphatic carbocycles. The summed E-state index contributed by atoms with van der Waals surface area (Å²) >= 11 is 0. The smallest absolute Gasteiger partial charge is 0.334 e. The molecule has 1 aliphatic rings. The normalized spacial score (nSPS) is 16.6. The molecule has 0 aliphatic heterocycles. The van der Waals surface area contributed by atoms with E-state index in [1.165, 1.54) is 66.9 Å². The van der Waals surface area contributed by atoms with Crippen molar-refractivity contribution >= 4 is 18.0 Å². The number of hydrogen-bond acceptors (Lipinski definition) is 10. The minimum absolute atomic E-state index is 0.0210. The highest BCUT2D eigenvalue weighted by Gasteiger charge is 2.45. The molecule has 2 aromatic rings. The number of phenolic OH excluding ortho intramolecular Hbond substituents is 2. The Bertz CT molecular complexity index is 1130. The number of carbonyl (C=O) groups is 2. The molecule has 0 spiro atoms. The van der Waals surface area contributed by atoms with Crippen LogP contribution in [-0.4, -0.2) is 64.8 Å². The van der Waals surface area contributed by atoms with Gasteiger partial charge in [0.2, 0.25) is 11.5 Å². The first kappa shape index (κ1) is 24.6. The summed E-state index contributed by atoms with van der Waals surface area (Å²) in [5, 5.41) is 21.2. The highest BCUT2D eigenvalue weighted by molar-refractivity contribution is 6.02. The highest BCUT2D eigenvalue weighted by Crippen LogP contribution is 2.54. The molecule has 2 N–H and O–H groups in total. The molecular weight excluding hydrogens is 448 g/mol. The number of aromatic hydroxyl groups is 2. The molecule has 0 fully saturated rings. The van der Waals surface area contributed by atoms with E-state index in [-0.39, 0.29) is 40.1 Å². The minimum atomic E-state index is -1.19. The van der Waals surface area contributed by atoms with Crippen molar-refractivity contribution in [2.24, 2.45) is 5.92 Å². The molecule has 0 unspecified atom stereocenters. The first-order valence-electron chi connectivity index (χ1n) is 10.1. The van der Waals surface area contributed by atoms with Crippen molar-refractivity contribution in [1.29, 1.82) is 0 Å². The second-order valence-electron chi connectivity index (χ2n) is 7.31. The first-order valence-corrected chi connectivity index (χ1v) is 10.1. The van der Waals surface area contributed by atoms with E-state index in [4.69, 9.17) is 28.4 Å². The second kappa shape index (κ2) is 9.82. The van der Waals surface area contributed by atoms with Gasteiger partial charge in [0, 0.05) is 11.5 Å². The third-order valence-electron chi connectivity index (χ3n) is 5.74. The summed E-state index contributed by atoms with van der Waals surface area (Å²) in [6.07, 6.45) is 1.47. The molecule has 10 heteroatoms. The van der Waals surface area contributed by atoms with E-state index in [1.54, 1.807) is 0 Å². The zero-order chi connectivity index (χ0) is 25.2. The van der Waals surface area contributed by atoms with Crippen molar-refractivity contribution < 1.29 is 48.2 Å². The van der Waals surface area contributed by atoms with Crippen molar-refractivity contribution in [2.45, 2.75) is 5.92 Å². The second-order valence-corrected chi connectivity index (χ2v) is 7.31. The van der Waals surface area contributed by atoms with E-state index in [9.17, 15) is 19.8 Å². The predicted molar refractivity (Wildman–Crippen MR) is 120 cm³/mol. The van der Waals surface area contributed by atoms with Gasteiger partial charge in [0.1, 0.15) is 0 Å². The molecule has 3 rings (SSSR count). The Balaban J connectivity index is 2.48. The van der Waals surface area contributed by atoms with Crippen molar-refractivity contribution in [3.8, 4) is 34.5 Å². The van der Waals surface area contributed by atoms with E-state index in [1.807, 2.05) is 0 Å². The molecule has 0 saturated heterocycles. The molecule has 10 nitrogen and oxygen atoms in total. The Kier molecular flexibility index (Phi) is 7.09. The summed E-state index contributed by atoms with van der Waals surface area (Å²) in [6, 6.07) is 4.53. The van der Waals surface area contributed by atoms with Crippen LogP contribution in [0.15, 0.2) is 23.8 Å². The summed E-state index contributed by atoms with van der Waals surface area (Å²) in [5.74, 6) is -3.83. The molecule has 0 heterocycles. The van der Waals surface area contributed by atoms with Crippen LogP contribution in [-0.2, 0) is 19.1 Å². The average Bonchev–Trinajstić information content (AvgIpc) is 2.86. The van der Waals surface area contributed by atoms with Gasteiger partial charge in [-0.2, -0.15) is 0 Å². The summed E-state index contributed by atoms with van der Waals surface area (Å²) in [6.45, 7) is 0. The lowest BCUT2D eigenvalue weighted by molar-refractivity contribution is -0.147. The van der Waals surface area contributed by atoms with Gasteiger partial charge in [0.05, 0.1) is 54.1 Å². The van der Waals surface area contributed by atoms with Gasteiger partial charge in [-0.15, -0.1) is 0 Å². The number of hydrogen-bond donors (Lipinski definition) is 2. The van der Waals surface area contributed by atoms with E-state index in [0.29, 0.717) is 16.7 Å². The monoisotopic (exact) mass is 474 g/mol. The van der Waals surface area contributed by atoms with Gasteiger partial charge in [0.15, 0.2) is 23.0 Å². The molecule has 0 amide bonds. The van der Waals surface area contributed by atoms with Gasteiger partial charge in [-0.25, -0.2) is 4.79 Å². The summed E-state index contributed by atoms with van der Waals surface area (Å²) in [4.78, 5) is 25.8. The van der Waals surface area contributed by atoms with Crippen LogP contribution in [0, 0.1) is 5.92 Å². The number of fused-ring (bicyclic) bond motifs is 1. The molecule has 0 radical (unpaired) electrons. The van der Waals surface area contributed by atoms with Crippen LogP contribution >= 0.6 is 0 Å². The maximum absolute atomic E-state index is 13.1. The van der Waals surface area contributed by atoms with Gasteiger partial charge >= 0.3 is 11.9 Å². The Labute approximate surface area is 196 Å². The van der Waals surface area contributed by atoms with Crippen LogP contribution in [0.3, 0.4) is 0 Å². The number of esters is 2. The summed E-state index contributed by atoms with van der Waals surface area (Å²) < 4.78 is 31.3. The van der Waals surface area contributed by atoms with Crippen molar-refractivity contribution in [2.75, 3.05) is 42.7 Å². The quantitative estimate of drug-likeness (QED) is 0.578. The zero-order valence-electron chi connectivity index (χ0n) is 19.6. The highest BCUT2D eigenvalue weighted by atomic mass is 16.5. The standard InChI is InChI=1S/C24H26O10/c1-29-14-9-12(10-15(30-2)20(14)25)17-18-11(8-16(31-3)21(26)22(18)32-4)7-13(23(27)33-5)19(17)24(28)34-6/h7-10,17,19,25-26H,1-6H3/t17-,19+/m1/s1. The molecule has 0 bridgehead atoms. The zero-order valence-corrected chi connectivity index (χ0v) is 19.6. The van der Waals surface area contributed by atoms with Crippen LogP contribution < -0.4 is 18.9 Å². The van der Waals surface area contributed by atoms with Crippen molar-refractivity contribution in [3.63, 3.8) is 0 Å². The predicted octanol–water partition coefficient (Wildman–Crippen LogP) is 2.62. The number of carbonyl (C=O) groups excluding carboxylic acids is 2. The fraction of sp³-hybridized carbons (Fsp3) is 0.333. The largest absolute Gasteiger partial charge is 0.502 e.